The van der Waals surface area contributed by atoms with Crippen LogP contribution in [-0.2, 0) is 0 Å². The van der Waals surface area contributed by atoms with E-state index in [-0.39, 0.29) is 17.2 Å². The van der Waals surface area contributed by atoms with Crippen LogP contribution in [0.5, 0.6) is 0 Å². The molecule has 6 nitrogen and oxygen atoms in total. The summed E-state index contributed by atoms with van der Waals surface area (Å²) in [6.07, 6.45) is 1.64. The number of nitrogens with zero attached hydrogens (tertiary/aromatic N) is 3. The monoisotopic (exact) mass is 251 g/mol. The predicted molar refractivity (Wildman–Crippen MR) is 67.5 cm³/mol. The molecule has 2 heterocycles. The van der Waals surface area contributed by atoms with Gasteiger partial charge < -0.3 is 10.0 Å². The summed E-state index contributed by atoms with van der Waals surface area (Å²) < 4.78 is 0. The van der Waals surface area contributed by atoms with Crippen LogP contribution in [0.1, 0.15) is 20.3 Å². The molecule has 1 aliphatic heterocycles. The highest BCUT2D eigenvalue weighted by atomic mass is 16.6. The first-order valence-electron chi connectivity index (χ1n) is 5.93. The van der Waals surface area contributed by atoms with E-state index < -0.39 is 4.92 Å². The minimum Gasteiger partial charge on any atom is -0.392 e. The van der Waals surface area contributed by atoms with Gasteiger partial charge in [-0.1, -0.05) is 13.8 Å². The van der Waals surface area contributed by atoms with Gasteiger partial charge in [-0.05, 0) is 12.5 Å². The Labute approximate surface area is 105 Å². The van der Waals surface area contributed by atoms with Gasteiger partial charge >= 0.3 is 0 Å². The van der Waals surface area contributed by atoms with E-state index in [1.807, 2.05) is 13.8 Å². The Balaban J connectivity index is 2.15. The van der Waals surface area contributed by atoms with E-state index in [2.05, 4.69) is 9.88 Å². The molecular weight excluding hydrogens is 234 g/mol. The van der Waals surface area contributed by atoms with Crippen molar-refractivity contribution in [2.24, 2.45) is 5.41 Å². The Bertz CT molecular complexity index is 444. The zero-order valence-corrected chi connectivity index (χ0v) is 10.5. The van der Waals surface area contributed by atoms with Crippen LogP contribution in [0.25, 0.3) is 0 Å². The van der Waals surface area contributed by atoms with Crippen molar-refractivity contribution < 1.29 is 10.0 Å². The van der Waals surface area contributed by atoms with Crippen LogP contribution >= 0.6 is 0 Å². The van der Waals surface area contributed by atoms with E-state index in [1.165, 1.54) is 12.3 Å². The Hall–Kier alpha value is -1.69. The number of rotatable bonds is 2. The SMILES string of the molecule is CC1(C)CN(c2ccc([N+](=O)[O-])cn2)CCC1O. The highest BCUT2D eigenvalue weighted by molar-refractivity contribution is 5.43. The summed E-state index contributed by atoms with van der Waals surface area (Å²) in [4.78, 5) is 16.3. The van der Waals surface area contributed by atoms with Crippen LogP contribution in [-0.4, -0.2) is 34.2 Å². The van der Waals surface area contributed by atoms with Gasteiger partial charge in [0.25, 0.3) is 5.69 Å². The number of aromatic nitrogens is 1. The molecular formula is C12H17N3O3. The minimum atomic E-state index is -0.458. The van der Waals surface area contributed by atoms with Gasteiger partial charge in [-0.2, -0.15) is 0 Å². The summed E-state index contributed by atoms with van der Waals surface area (Å²) in [6.45, 7) is 5.43. The molecule has 6 heteroatoms. The minimum absolute atomic E-state index is 0.00458. The summed E-state index contributed by atoms with van der Waals surface area (Å²) in [7, 11) is 0. The second-order valence-electron chi connectivity index (χ2n) is 5.35. The molecule has 0 aromatic carbocycles. The molecule has 0 radical (unpaired) electrons. The summed E-state index contributed by atoms with van der Waals surface area (Å²) in [5.74, 6) is 0.723. The molecule has 18 heavy (non-hydrogen) atoms. The lowest BCUT2D eigenvalue weighted by molar-refractivity contribution is -0.385. The summed E-state index contributed by atoms with van der Waals surface area (Å²) in [6, 6.07) is 3.12. The average molecular weight is 251 g/mol. The van der Waals surface area contributed by atoms with E-state index >= 15 is 0 Å². The molecule has 1 unspecified atom stereocenters. The lowest BCUT2D eigenvalue weighted by Gasteiger charge is -2.42. The quantitative estimate of drug-likeness (QED) is 0.637. The zero-order chi connectivity index (χ0) is 13.3. The van der Waals surface area contributed by atoms with E-state index in [1.54, 1.807) is 6.07 Å². The van der Waals surface area contributed by atoms with Crippen LogP contribution in [0.3, 0.4) is 0 Å². The Kier molecular flexibility index (Phi) is 3.21. The molecule has 1 fully saturated rings. The van der Waals surface area contributed by atoms with Crippen LogP contribution in [0, 0.1) is 15.5 Å². The zero-order valence-electron chi connectivity index (χ0n) is 10.5. The molecule has 0 aliphatic carbocycles. The summed E-state index contributed by atoms with van der Waals surface area (Å²) in [5, 5.41) is 20.4. The lowest BCUT2D eigenvalue weighted by atomic mass is 9.81. The van der Waals surface area contributed by atoms with Gasteiger partial charge in [-0.3, -0.25) is 10.1 Å². The van der Waals surface area contributed by atoms with Gasteiger partial charge in [0.05, 0.1) is 11.0 Å². The molecule has 1 saturated heterocycles. The van der Waals surface area contributed by atoms with Crippen LogP contribution in [0.4, 0.5) is 11.5 Å². The maximum Gasteiger partial charge on any atom is 0.287 e. The summed E-state index contributed by atoms with van der Waals surface area (Å²) in [5.41, 5.74) is -0.197. The number of pyridine rings is 1. The van der Waals surface area contributed by atoms with Crippen molar-refractivity contribution in [3.8, 4) is 0 Å². The smallest absolute Gasteiger partial charge is 0.287 e. The van der Waals surface area contributed by atoms with Crippen LogP contribution in [0.2, 0.25) is 0 Å². The standard InChI is InChI=1S/C12H17N3O3/c1-12(2)8-14(6-5-10(12)16)11-4-3-9(7-13-11)15(17)18/h3-4,7,10,16H,5-6,8H2,1-2H3. The van der Waals surface area contributed by atoms with E-state index in [0.29, 0.717) is 13.0 Å². The van der Waals surface area contributed by atoms with Gasteiger partial charge in [-0.15, -0.1) is 0 Å². The number of hydrogen-bond acceptors (Lipinski definition) is 5. The highest BCUT2D eigenvalue weighted by Crippen LogP contribution is 2.31. The first-order valence-corrected chi connectivity index (χ1v) is 5.93. The summed E-state index contributed by atoms with van der Waals surface area (Å²) >= 11 is 0. The van der Waals surface area contributed by atoms with Gasteiger partial charge in [-0.25, -0.2) is 4.98 Å². The molecule has 0 amide bonds. The van der Waals surface area contributed by atoms with Crippen LogP contribution < -0.4 is 4.90 Å². The molecule has 98 valence electrons. The average Bonchev–Trinajstić information content (AvgIpc) is 2.33. The molecule has 1 aromatic rings. The van der Waals surface area contributed by atoms with E-state index in [9.17, 15) is 15.2 Å². The fourth-order valence-corrected chi connectivity index (χ4v) is 2.21. The van der Waals surface area contributed by atoms with Gasteiger partial charge in [0.2, 0.25) is 0 Å². The second-order valence-corrected chi connectivity index (χ2v) is 5.35. The van der Waals surface area contributed by atoms with Gasteiger partial charge in [0.1, 0.15) is 12.0 Å². The predicted octanol–water partition coefficient (Wildman–Crippen LogP) is 1.59. The maximum atomic E-state index is 10.6. The van der Waals surface area contributed by atoms with E-state index in [4.69, 9.17) is 0 Å². The molecule has 0 spiro atoms. The third-order valence-corrected chi connectivity index (χ3v) is 3.44. The number of piperidine rings is 1. The number of anilines is 1. The van der Waals surface area contributed by atoms with Gasteiger partial charge in [0.15, 0.2) is 0 Å². The Morgan fingerprint density at radius 2 is 2.28 bits per heavy atom. The lowest BCUT2D eigenvalue weighted by Crippen LogP contribution is -2.48. The molecule has 1 aromatic heterocycles. The molecule has 2 rings (SSSR count). The number of nitro groups is 1. The van der Waals surface area contributed by atoms with Crippen molar-refractivity contribution in [1.82, 2.24) is 4.98 Å². The third-order valence-electron chi connectivity index (χ3n) is 3.44. The van der Waals surface area contributed by atoms with Gasteiger partial charge in [0, 0.05) is 24.6 Å². The third kappa shape index (κ3) is 2.43. The first-order chi connectivity index (χ1) is 8.40. The molecule has 1 atom stereocenters. The fourth-order valence-electron chi connectivity index (χ4n) is 2.21. The van der Waals surface area contributed by atoms with Crippen LogP contribution in [0.15, 0.2) is 18.3 Å². The number of aliphatic hydroxyl groups is 1. The first kappa shape index (κ1) is 12.8. The van der Waals surface area contributed by atoms with Crippen molar-refractivity contribution in [3.05, 3.63) is 28.4 Å². The normalized spacial score (nSPS) is 22.8. The maximum absolute atomic E-state index is 10.6. The Morgan fingerprint density at radius 3 is 2.78 bits per heavy atom. The van der Waals surface area contributed by atoms with Crippen molar-refractivity contribution in [2.45, 2.75) is 26.4 Å². The molecule has 1 N–H and O–H groups in total. The van der Waals surface area contributed by atoms with Crippen molar-refractivity contribution >= 4 is 11.5 Å². The van der Waals surface area contributed by atoms with Crippen molar-refractivity contribution in [2.75, 3.05) is 18.0 Å². The fraction of sp³-hybridized carbons (Fsp3) is 0.583. The highest BCUT2D eigenvalue weighted by Gasteiger charge is 2.35. The molecule has 1 aliphatic rings. The topological polar surface area (TPSA) is 79.5 Å². The van der Waals surface area contributed by atoms with Crippen molar-refractivity contribution in [1.29, 1.82) is 0 Å². The number of aliphatic hydroxyl groups excluding tert-OH is 1. The largest absolute Gasteiger partial charge is 0.392 e. The number of hydrogen-bond donors (Lipinski definition) is 1. The molecule has 0 bridgehead atoms. The van der Waals surface area contributed by atoms with E-state index in [0.717, 1.165) is 12.4 Å². The second kappa shape index (κ2) is 4.53. The van der Waals surface area contributed by atoms with Crippen molar-refractivity contribution in [3.63, 3.8) is 0 Å². The molecule has 0 saturated carbocycles. The Morgan fingerprint density at radius 1 is 1.56 bits per heavy atom.